The molecule has 6 nitrogen and oxygen atoms in total. The molecule has 0 aliphatic carbocycles. The lowest BCUT2D eigenvalue weighted by molar-refractivity contribution is -0.129. The maximum atomic E-state index is 14.0. The van der Waals surface area contributed by atoms with Crippen LogP contribution in [0, 0.1) is 11.6 Å². The number of aliphatic imine (C=N–C) groups is 1. The average Bonchev–Trinajstić information content (AvgIpc) is 3.34. The molecule has 1 aromatic carbocycles. The summed E-state index contributed by atoms with van der Waals surface area (Å²) in [5, 5.41) is 6.56. The first kappa shape index (κ1) is 20.4. The summed E-state index contributed by atoms with van der Waals surface area (Å²) in [6, 6.07) is 3.79. The van der Waals surface area contributed by atoms with Crippen LogP contribution in [0.3, 0.4) is 0 Å². The van der Waals surface area contributed by atoms with E-state index in [-0.39, 0.29) is 11.9 Å². The minimum atomic E-state index is -0.569. The number of hydrogen-bond acceptors (Lipinski definition) is 3. The molecule has 2 aliphatic heterocycles. The van der Waals surface area contributed by atoms with Gasteiger partial charge in [0.15, 0.2) is 5.96 Å². The first-order valence-electron chi connectivity index (χ1n) is 10.1. The van der Waals surface area contributed by atoms with Crippen molar-refractivity contribution in [3.05, 3.63) is 29.8 Å². The van der Waals surface area contributed by atoms with E-state index in [2.05, 4.69) is 15.6 Å². The normalized spacial score (nSPS) is 20.0. The van der Waals surface area contributed by atoms with Crippen molar-refractivity contribution >= 4 is 17.6 Å². The molecule has 0 radical (unpaired) electrons. The topological polar surface area (TPSA) is 60.0 Å². The van der Waals surface area contributed by atoms with Gasteiger partial charge < -0.3 is 20.4 Å². The zero-order chi connectivity index (χ0) is 19.9. The van der Waals surface area contributed by atoms with Crippen LogP contribution in [-0.2, 0) is 4.79 Å². The van der Waals surface area contributed by atoms with Gasteiger partial charge in [0.2, 0.25) is 5.91 Å². The van der Waals surface area contributed by atoms with Crippen molar-refractivity contribution in [1.82, 2.24) is 15.5 Å². The van der Waals surface area contributed by atoms with E-state index in [1.54, 1.807) is 0 Å². The standard InChI is InChI=1S/C20H29F2N5O/c1-2-23-20(24-9-7-19(28)26-10-3-4-11-26)25-16-8-12-27(14-16)18-6-5-15(21)13-17(18)22/h5-6,13,16H,2-4,7-12,14H2,1H3,(H2,23,24,25). The molecule has 1 atom stereocenters. The molecular weight excluding hydrogens is 364 g/mol. The van der Waals surface area contributed by atoms with E-state index in [0.29, 0.717) is 37.7 Å². The smallest absolute Gasteiger partial charge is 0.224 e. The summed E-state index contributed by atoms with van der Waals surface area (Å²) in [6.45, 7) is 6.16. The highest BCUT2D eigenvalue weighted by molar-refractivity contribution is 5.81. The van der Waals surface area contributed by atoms with Crippen LogP contribution < -0.4 is 15.5 Å². The molecule has 3 rings (SSSR count). The Hall–Kier alpha value is -2.38. The Kier molecular flexibility index (Phi) is 7.06. The van der Waals surface area contributed by atoms with Crippen LogP contribution in [-0.4, -0.2) is 62.1 Å². The molecule has 0 bridgehead atoms. The van der Waals surface area contributed by atoms with Crippen molar-refractivity contribution in [3.63, 3.8) is 0 Å². The Bertz CT molecular complexity index is 706. The monoisotopic (exact) mass is 393 g/mol. The third-order valence-electron chi connectivity index (χ3n) is 5.18. The summed E-state index contributed by atoms with van der Waals surface area (Å²) in [7, 11) is 0. The molecule has 0 aromatic heterocycles. The number of nitrogens with zero attached hydrogens (tertiary/aromatic N) is 3. The van der Waals surface area contributed by atoms with Gasteiger partial charge in [-0.15, -0.1) is 0 Å². The van der Waals surface area contributed by atoms with Crippen LogP contribution >= 0.6 is 0 Å². The second-order valence-electron chi connectivity index (χ2n) is 7.27. The Morgan fingerprint density at radius 2 is 2.04 bits per heavy atom. The lowest BCUT2D eigenvalue weighted by Gasteiger charge is -2.21. The first-order chi connectivity index (χ1) is 13.6. The SMILES string of the molecule is CCNC(=NCCC(=O)N1CCCC1)NC1CCN(c2ccc(F)cc2F)C1. The quantitative estimate of drug-likeness (QED) is 0.574. The van der Waals surface area contributed by atoms with Crippen molar-refractivity contribution < 1.29 is 13.6 Å². The fourth-order valence-corrected chi connectivity index (χ4v) is 3.74. The van der Waals surface area contributed by atoms with Crippen LogP contribution in [0.4, 0.5) is 14.5 Å². The van der Waals surface area contributed by atoms with Gasteiger partial charge in [-0.2, -0.15) is 0 Å². The molecule has 1 aromatic rings. The van der Waals surface area contributed by atoms with Crippen molar-refractivity contribution in [2.45, 2.75) is 38.6 Å². The van der Waals surface area contributed by atoms with E-state index in [9.17, 15) is 13.6 Å². The maximum Gasteiger partial charge on any atom is 0.224 e. The Balaban J connectivity index is 1.51. The highest BCUT2D eigenvalue weighted by Gasteiger charge is 2.25. The third kappa shape index (κ3) is 5.33. The summed E-state index contributed by atoms with van der Waals surface area (Å²) >= 11 is 0. The van der Waals surface area contributed by atoms with Crippen LogP contribution in [0.15, 0.2) is 23.2 Å². The number of carbonyl (C=O) groups is 1. The predicted octanol–water partition coefficient (Wildman–Crippen LogP) is 2.11. The van der Waals surface area contributed by atoms with Crippen LogP contribution in [0.2, 0.25) is 0 Å². The molecule has 2 N–H and O–H groups in total. The summed E-state index contributed by atoms with van der Waals surface area (Å²) in [6.07, 6.45) is 3.42. The molecule has 1 amide bonds. The van der Waals surface area contributed by atoms with Gasteiger partial charge in [0, 0.05) is 51.3 Å². The number of amides is 1. The molecule has 154 valence electrons. The van der Waals surface area contributed by atoms with E-state index in [1.165, 1.54) is 12.1 Å². The van der Waals surface area contributed by atoms with Crippen LogP contribution in [0.5, 0.6) is 0 Å². The molecule has 2 heterocycles. The first-order valence-corrected chi connectivity index (χ1v) is 10.1. The van der Waals surface area contributed by atoms with E-state index < -0.39 is 11.6 Å². The van der Waals surface area contributed by atoms with Gasteiger partial charge in [0.25, 0.3) is 0 Å². The largest absolute Gasteiger partial charge is 0.367 e. The Labute approximate surface area is 165 Å². The van der Waals surface area contributed by atoms with E-state index in [0.717, 1.165) is 45.0 Å². The number of nitrogens with one attached hydrogen (secondary N) is 2. The van der Waals surface area contributed by atoms with Crippen molar-refractivity contribution in [2.75, 3.05) is 44.2 Å². The third-order valence-corrected chi connectivity index (χ3v) is 5.18. The van der Waals surface area contributed by atoms with Gasteiger partial charge in [0.1, 0.15) is 11.6 Å². The number of guanidine groups is 1. The summed E-state index contributed by atoms with van der Waals surface area (Å²) in [4.78, 5) is 20.5. The van der Waals surface area contributed by atoms with Gasteiger partial charge >= 0.3 is 0 Å². The van der Waals surface area contributed by atoms with Gasteiger partial charge in [-0.1, -0.05) is 0 Å². The van der Waals surface area contributed by atoms with Gasteiger partial charge in [-0.05, 0) is 38.3 Å². The number of anilines is 1. The molecule has 0 spiro atoms. The second kappa shape index (κ2) is 9.71. The lowest BCUT2D eigenvalue weighted by Crippen LogP contribution is -2.44. The maximum absolute atomic E-state index is 14.0. The minimum absolute atomic E-state index is 0.108. The van der Waals surface area contributed by atoms with E-state index in [4.69, 9.17) is 0 Å². The molecule has 2 aliphatic rings. The zero-order valence-corrected chi connectivity index (χ0v) is 16.4. The fraction of sp³-hybridized carbons (Fsp3) is 0.600. The number of carbonyl (C=O) groups excluding carboxylic acids is 1. The zero-order valence-electron chi connectivity index (χ0n) is 16.4. The summed E-state index contributed by atoms with van der Waals surface area (Å²) < 4.78 is 27.1. The summed E-state index contributed by atoms with van der Waals surface area (Å²) in [5.41, 5.74) is 0.420. The van der Waals surface area contributed by atoms with Crippen molar-refractivity contribution in [2.24, 2.45) is 4.99 Å². The molecule has 1 unspecified atom stereocenters. The highest BCUT2D eigenvalue weighted by atomic mass is 19.1. The van der Waals surface area contributed by atoms with Crippen molar-refractivity contribution in [1.29, 1.82) is 0 Å². The second-order valence-corrected chi connectivity index (χ2v) is 7.27. The predicted molar refractivity (Wildman–Crippen MR) is 107 cm³/mol. The van der Waals surface area contributed by atoms with E-state index >= 15 is 0 Å². The Morgan fingerprint density at radius 3 is 2.75 bits per heavy atom. The molecule has 2 saturated heterocycles. The number of rotatable bonds is 6. The molecule has 2 fully saturated rings. The number of hydrogen-bond donors (Lipinski definition) is 2. The lowest BCUT2D eigenvalue weighted by atomic mass is 10.2. The number of benzene rings is 1. The van der Waals surface area contributed by atoms with Crippen LogP contribution in [0.25, 0.3) is 0 Å². The van der Waals surface area contributed by atoms with Gasteiger partial charge in [-0.3, -0.25) is 9.79 Å². The molecular formula is C20H29F2N5O. The summed E-state index contributed by atoms with van der Waals surface area (Å²) in [5.74, 6) is -0.277. The van der Waals surface area contributed by atoms with Crippen molar-refractivity contribution in [3.8, 4) is 0 Å². The highest BCUT2D eigenvalue weighted by Crippen LogP contribution is 2.24. The molecule has 28 heavy (non-hydrogen) atoms. The fourth-order valence-electron chi connectivity index (χ4n) is 3.74. The average molecular weight is 393 g/mol. The number of likely N-dealkylation sites (tertiary alicyclic amines) is 1. The van der Waals surface area contributed by atoms with Gasteiger partial charge in [0.05, 0.1) is 12.2 Å². The van der Waals surface area contributed by atoms with Gasteiger partial charge in [-0.25, -0.2) is 8.78 Å². The van der Waals surface area contributed by atoms with E-state index in [1.807, 2.05) is 16.7 Å². The minimum Gasteiger partial charge on any atom is -0.367 e. The molecule has 8 heteroatoms. The Morgan fingerprint density at radius 1 is 1.25 bits per heavy atom. The van der Waals surface area contributed by atoms with Crippen LogP contribution in [0.1, 0.15) is 32.6 Å². The molecule has 0 saturated carbocycles. The number of halogens is 2.